The Balaban J connectivity index is 3.15. The predicted molar refractivity (Wildman–Crippen MR) is 131 cm³/mol. The van der Waals surface area contributed by atoms with Gasteiger partial charge >= 0.3 is 188 Å². The van der Waals surface area contributed by atoms with Crippen molar-refractivity contribution in [1.82, 2.24) is 9.80 Å². The van der Waals surface area contributed by atoms with E-state index in [1.807, 2.05) is 0 Å². The van der Waals surface area contributed by atoms with Crippen molar-refractivity contribution >= 4 is 24.4 Å². The van der Waals surface area contributed by atoms with Gasteiger partial charge in [-0.2, -0.15) is 0 Å². The van der Waals surface area contributed by atoms with Gasteiger partial charge in [0.15, 0.2) is 0 Å². The average Bonchev–Trinajstić information content (AvgIpc) is 2.76. The number of rotatable bonds is 15. The zero-order valence-electron chi connectivity index (χ0n) is 20.6. The molecule has 1 heterocycles. The zero-order valence-corrected chi connectivity index (χ0v) is 23.5. The summed E-state index contributed by atoms with van der Waals surface area (Å²) in [7, 11) is 2.18. The monoisotopic (exact) mass is 516 g/mol. The molecule has 0 N–H and O–H groups in total. The third-order valence-corrected chi connectivity index (χ3v) is 24.8. The Morgan fingerprint density at radius 2 is 1.28 bits per heavy atom. The first-order chi connectivity index (χ1) is 14.1. The molecule has 1 aliphatic rings. The number of nitrogens with zero attached hydrogens (tertiary/aromatic N) is 2. The molecule has 2 amide bonds. The SMILES string of the molecule is CCCCC[CH](N(C)C(=O)N1CCCCC1)[Sn]([CH2]CCC)([CH2]CCC)[CH2]CCC. The van der Waals surface area contributed by atoms with Crippen LogP contribution in [0.25, 0.3) is 0 Å². The van der Waals surface area contributed by atoms with Gasteiger partial charge in [-0.25, -0.2) is 0 Å². The summed E-state index contributed by atoms with van der Waals surface area (Å²) in [6.07, 6.45) is 16.9. The van der Waals surface area contributed by atoms with Crippen molar-refractivity contribution < 1.29 is 4.79 Å². The summed E-state index contributed by atoms with van der Waals surface area (Å²) in [4.78, 5) is 18.0. The van der Waals surface area contributed by atoms with Gasteiger partial charge in [0.2, 0.25) is 0 Å². The molecule has 3 nitrogen and oxygen atoms in total. The van der Waals surface area contributed by atoms with Crippen LogP contribution in [0, 0.1) is 0 Å². The molecule has 0 radical (unpaired) electrons. The van der Waals surface area contributed by atoms with Crippen LogP contribution in [0.3, 0.4) is 0 Å². The Hall–Kier alpha value is 0.0687. The van der Waals surface area contributed by atoms with Crippen molar-refractivity contribution in [2.45, 2.75) is 129 Å². The zero-order chi connectivity index (χ0) is 21.5. The molecule has 1 rings (SSSR count). The van der Waals surface area contributed by atoms with Crippen LogP contribution in [0.4, 0.5) is 4.79 Å². The van der Waals surface area contributed by atoms with Crippen LogP contribution in [-0.4, -0.2) is 58.4 Å². The van der Waals surface area contributed by atoms with Gasteiger partial charge in [0.1, 0.15) is 0 Å². The Kier molecular flexibility index (Phi) is 14.8. The van der Waals surface area contributed by atoms with E-state index in [0.717, 1.165) is 13.1 Å². The molecule has 1 atom stereocenters. The van der Waals surface area contributed by atoms with Gasteiger partial charge < -0.3 is 0 Å². The van der Waals surface area contributed by atoms with Crippen molar-refractivity contribution in [1.29, 1.82) is 0 Å². The second-order valence-corrected chi connectivity index (χ2v) is 23.6. The number of carbonyl (C=O) groups excluding carboxylic acids is 1. The van der Waals surface area contributed by atoms with E-state index in [0.29, 0.717) is 10.1 Å². The number of carbonyl (C=O) groups is 1. The normalized spacial score (nSPS) is 16.1. The van der Waals surface area contributed by atoms with Gasteiger partial charge in [-0.05, 0) is 0 Å². The fourth-order valence-corrected chi connectivity index (χ4v) is 24.4. The van der Waals surface area contributed by atoms with E-state index < -0.39 is 18.4 Å². The summed E-state index contributed by atoms with van der Waals surface area (Å²) in [5.41, 5.74) is 0. The van der Waals surface area contributed by atoms with Crippen LogP contribution in [-0.2, 0) is 0 Å². The maximum absolute atomic E-state index is 13.5. The molecular formula is C25H52N2OSn. The molecule has 1 unspecified atom stereocenters. The topological polar surface area (TPSA) is 23.6 Å². The molecule has 0 aromatic rings. The molecule has 172 valence electrons. The van der Waals surface area contributed by atoms with Crippen molar-refractivity contribution in [2.75, 3.05) is 20.1 Å². The molecule has 1 aliphatic heterocycles. The van der Waals surface area contributed by atoms with Crippen molar-refractivity contribution in [3.63, 3.8) is 0 Å². The number of urea groups is 1. The van der Waals surface area contributed by atoms with E-state index >= 15 is 0 Å². The molecule has 0 aromatic heterocycles. The fraction of sp³-hybridized carbons (Fsp3) is 0.960. The van der Waals surface area contributed by atoms with Crippen LogP contribution in [0.5, 0.6) is 0 Å². The molecule has 0 saturated carbocycles. The molecule has 1 saturated heterocycles. The Labute approximate surface area is 187 Å². The molecule has 1 fully saturated rings. The first-order valence-electron chi connectivity index (χ1n) is 13.1. The van der Waals surface area contributed by atoms with Gasteiger partial charge in [0, 0.05) is 0 Å². The predicted octanol–water partition coefficient (Wildman–Crippen LogP) is 7.86. The van der Waals surface area contributed by atoms with Crippen molar-refractivity contribution in [3.8, 4) is 0 Å². The van der Waals surface area contributed by atoms with Crippen LogP contribution in [0.2, 0.25) is 13.3 Å². The number of likely N-dealkylation sites (tertiary alicyclic amines) is 1. The summed E-state index contributed by atoms with van der Waals surface area (Å²) >= 11 is -2.50. The Morgan fingerprint density at radius 1 is 0.793 bits per heavy atom. The van der Waals surface area contributed by atoms with E-state index in [4.69, 9.17) is 0 Å². The summed E-state index contributed by atoms with van der Waals surface area (Å²) in [6.45, 7) is 11.3. The fourth-order valence-electron chi connectivity index (χ4n) is 5.40. The molecule has 4 heteroatoms. The number of piperidine rings is 1. The third kappa shape index (κ3) is 8.99. The molecule has 29 heavy (non-hydrogen) atoms. The van der Waals surface area contributed by atoms with Gasteiger partial charge in [0.25, 0.3) is 0 Å². The first-order valence-corrected chi connectivity index (χ1v) is 20.8. The number of unbranched alkanes of at least 4 members (excludes halogenated alkanes) is 5. The van der Waals surface area contributed by atoms with E-state index in [1.54, 1.807) is 0 Å². The van der Waals surface area contributed by atoms with Crippen LogP contribution < -0.4 is 0 Å². The molecule has 0 aromatic carbocycles. The van der Waals surface area contributed by atoms with Crippen LogP contribution in [0.1, 0.15) is 111 Å². The van der Waals surface area contributed by atoms with Gasteiger partial charge in [0.05, 0.1) is 0 Å². The van der Waals surface area contributed by atoms with Crippen molar-refractivity contribution in [3.05, 3.63) is 0 Å². The molecule has 0 aliphatic carbocycles. The van der Waals surface area contributed by atoms with Gasteiger partial charge in [-0.1, -0.05) is 0 Å². The molecular weight excluding hydrogens is 463 g/mol. The van der Waals surface area contributed by atoms with Crippen molar-refractivity contribution in [2.24, 2.45) is 0 Å². The molecule has 0 bridgehead atoms. The number of hydrogen-bond acceptors (Lipinski definition) is 1. The van der Waals surface area contributed by atoms with E-state index in [-0.39, 0.29) is 0 Å². The maximum atomic E-state index is 13.5. The summed E-state index contributed by atoms with van der Waals surface area (Å²) < 4.78 is 5.11. The summed E-state index contributed by atoms with van der Waals surface area (Å²) in [6, 6.07) is 0.358. The van der Waals surface area contributed by atoms with Crippen LogP contribution >= 0.6 is 0 Å². The summed E-state index contributed by atoms with van der Waals surface area (Å²) in [5.74, 6) is 0. The van der Waals surface area contributed by atoms with E-state index in [2.05, 4.69) is 44.5 Å². The average molecular weight is 515 g/mol. The van der Waals surface area contributed by atoms with Gasteiger partial charge in [-0.15, -0.1) is 0 Å². The second-order valence-electron chi connectivity index (χ2n) is 9.63. The Morgan fingerprint density at radius 3 is 1.72 bits per heavy atom. The number of amides is 2. The number of hydrogen-bond donors (Lipinski definition) is 0. The minimum absolute atomic E-state index is 0.358. The van der Waals surface area contributed by atoms with E-state index in [1.165, 1.54) is 96.8 Å². The summed E-state index contributed by atoms with van der Waals surface area (Å²) in [5, 5.41) is 0. The Bertz CT molecular complexity index is 401. The van der Waals surface area contributed by atoms with E-state index in [9.17, 15) is 4.79 Å². The van der Waals surface area contributed by atoms with Gasteiger partial charge in [-0.3, -0.25) is 0 Å². The quantitative estimate of drug-likeness (QED) is 0.161. The third-order valence-electron chi connectivity index (χ3n) is 7.27. The first kappa shape index (κ1) is 27.1. The second kappa shape index (κ2) is 15.8. The minimum atomic E-state index is -2.50. The molecule has 0 spiro atoms. The van der Waals surface area contributed by atoms with Crippen LogP contribution in [0.15, 0.2) is 0 Å². The standard InChI is InChI=1S/C13H25N2O.3C4H9.Sn/c1-3-4-5-7-10-14(2)13(16)15-11-8-6-9-12-15;3*1-3-4-2;/h10H,3-9,11-12H2,1-2H3;3*1,3-4H2,2H3;.